The van der Waals surface area contributed by atoms with Crippen molar-refractivity contribution in [2.24, 2.45) is 0 Å². The summed E-state index contributed by atoms with van der Waals surface area (Å²) in [4.78, 5) is 24.3. The summed E-state index contributed by atoms with van der Waals surface area (Å²) < 4.78 is 14.2. The van der Waals surface area contributed by atoms with Gasteiger partial charge in [-0.05, 0) is 43.2 Å². The summed E-state index contributed by atoms with van der Waals surface area (Å²) in [5.74, 6) is -0.740. The van der Waals surface area contributed by atoms with Crippen molar-refractivity contribution in [2.75, 3.05) is 13.1 Å². The third-order valence-corrected chi connectivity index (χ3v) is 4.80. The van der Waals surface area contributed by atoms with Crippen molar-refractivity contribution in [3.63, 3.8) is 0 Å². The Morgan fingerprint density at radius 2 is 1.71 bits per heavy atom. The number of amides is 1. The van der Waals surface area contributed by atoms with Gasteiger partial charge >= 0.3 is 0 Å². The smallest absolute Gasteiger partial charge is 0.271 e. The fourth-order valence-electron chi connectivity index (χ4n) is 3.33. The minimum Gasteiger partial charge on any atom is -0.349 e. The van der Waals surface area contributed by atoms with Crippen molar-refractivity contribution in [1.82, 2.24) is 20.4 Å². The van der Waals surface area contributed by atoms with Gasteiger partial charge in [-0.25, -0.2) is 4.39 Å². The number of hydrogen-bond donors (Lipinski definition) is 2. The van der Waals surface area contributed by atoms with Crippen molar-refractivity contribution in [2.45, 2.75) is 44.6 Å². The van der Waals surface area contributed by atoms with Crippen molar-refractivity contribution in [3.8, 4) is 5.69 Å². The highest BCUT2D eigenvalue weighted by Gasteiger charge is 2.13. The lowest BCUT2D eigenvalue weighted by Gasteiger charge is -2.16. The van der Waals surface area contributed by atoms with Gasteiger partial charge in [0.15, 0.2) is 0 Å². The van der Waals surface area contributed by atoms with Crippen LogP contribution in [0.4, 0.5) is 4.39 Å². The van der Waals surface area contributed by atoms with E-state index in [4.69, 9.17) is 0 Å². The number of nitrogens with one attached hydrogen (secondary N) is 2. The second-order valence-electron chi connectivity index (χ2n) is 6.84. The molecule has 28 heavy (non-hydrogen) atoms. The summed E-state index contributed by atoms with van der Waals surface area (Å²) in [6.45, 7) is 1.20. The first kappa shape index (κ1) is 22.0. The van der Waals surface area contributed by atoms with E-state index < -0.39 is 5.82 Å². The average Bonchev–Trinajstić information content (AvgIpc) is 2.95. The second-order valence-corrected chi connectivity index (χ2v) is 6.84. The lowest BCUT2D eigenvalue weighted by atomic mass is 10.1. The standard InChI is InChI=1S/C20H25FN4O2.ClH/c21-15-7-9-17(10-8-15)25-19(26)12-11-18(24-25)20(27)23-14-13-22-16-5-3-1-2-4-6-16;/h7-12,16,22H,1-6,13-14H2,(H,23,27);1H. The zero-order valence-corrected chi connectivity index (χ0v) is 16.5. The fraction of sp³-hybridized carbons (Fsp3) is 0.450. The van der Waals surface area contributed by atoms with E-state index in [1.54, 1.807) is 0 Å². The number of benzene rings is 1. The summed E-state index contributed by atoms with van der Waals surface area (Å²) >= 11 is 0. The molecule has 0 radical (unpaired) electrons. The molecule has 0 atom stereocenters. The molecule has 1 fully saturated rings. The molecule has 0 saturated heterocycles. The lowest BCUT2D eigenvalue weighted by molar-refractivity contribution is 0.0946. The van der Waals surface area contributed by atoms with E-state index in [0.29, 0.717) is 24.8 Å². The topological polar surface area (TPSA) is 76.0 Å². The van der Waals surface area contributed by atoms with Gasteiger partial charge in [0.25, 0.3) is 11.5 Å². The van der Waals surface area contributed by atoms with Crippen LogP contribution in [0.15, 0.2) is 41.2 Å². The van der Waals surface area contributed by atoms with E-state index >= 15 is 0 Å². The number of rotatable bonds is 6. The quantitative estimate of drug-likeness (QED) is 0.569. The SMILES string of the molecule is Cl.O=C(NCCNC1CCCCCC1)c1ccc(=O)n(-c2ccc(F)cc2)n1. The number of carbonyl (C=O) groups excluding carboxylic acids is 1. The Labute approximate surface area is 169 Å². The van der Waals surface area contributed by atoms with Crippen molar-refractivity contribution < 1.29 is 9.18 Å². The molecule has 1 aromatic heterocycles. The Hall–Kier alpha value is -2.25. The highest BCUT2D eigenvalue weighted by molar-refractivity contribution is 5.92. The molecule has 1 amide bonds. The summed E-state index contributed by atoms with van der Waals surface area (Å²) in [5, 5.41) is 10.4. The van der Waals surface area contributed by atoms with Crippen LogP contribution in [0.1, 0.15) is 49.0 Å². The predicted octanol–water partition coefficient (Wildman–Crippen LogP) is 2.84. The summed E-state index contributed by atoms with van der Waals surface area (Å²) in [6.07, 6.45) is 7.53. The van der Waals surface area contributed by atoms with Gasteiger partial charge in [-0.3, -0.25) is 9.59 Å². The van der Waals surface area contributed by atoms with Gasteiger partial charge in [-0.2, -0.15) is 9.78 Å². The minimum absolute atomic E-state index is 0. The molecule has 2 N–H and O–H groups in total. The number of aromatic nitrogens is 2. The molecule has 0 bridgehead atoms. The highest BCUT2D eigenvalue weighted by atomic mass is 35.5. The first-order valence-corrected chi connectivity index (χ1v) is 9.51. The van der Waals surface area contributed by atoms with Crippen molar-refractivity contribution in [1.29, 1.82) is 0 Å². The largest absolute Gasteiger partial charge is 0.349 e. The Morgan fingerprint density at radius 3 is 2.39 bits per heavy atom. The molecule has 8 heteroatoms. The van der Waals surface area contributed by atoms with Crippen molar-refractivity contribution >= 4 is 18.3 Å². The molecule has 0 spiro atoms. The second kappa shape index (κ2) is 10.9. The molecular weight excluding hydrogens is 383 g/mol. The number of carbonyl (C=O) groups is 1. The maximum Gasteiger partial charge on any atom is 0.271 e. The molecule has 1 saturated carbocycles. The molecule has 1 aliphatic carbocycles. The maximum atomic E-state index is 13.1. The Balaban J connectivity index is 0.00000280. The third kappa shape index (κ3) is 6.14. The highest BCUT2D eigenvalue weighted by Crippen LogP contribution is 2.16. The van der Waals surface area contributed by atoms with E-state index in [9.17, 15) is 14.0 Å². The monoisotopic (exact) mass is 408 g/mol. The number of hydrogen-bond acceptors (Lipinski definition) is 4. The molecular formula is C20H26ClFN4O2. The van der Waals surface area contributed by atoms with E-state index in [1.807, 2.05) is 0 Å². The molecule has 1 heterocycles. The maximum absolute atomic E-state index is 13.1. The first-order valence-electron chi connectivity index (χ1n) is 9.51. The molecule has 0 unspecified atom stereocenters. The van der Waals surface area contributed by atoms with Gasteiger partial charge in [0, 0.05) is 25.2 Å². The van der Waals surface area contributed by atoms with Gasteiger partial charge < -0.3 is 10.6 Å². The number of nitrogens with zero attached hydrogens (tertiary/aromatic N) is 2. The summed E-state index contributed by atoms with van der Waals surface area (Å²) in [5.41, 5.74) is 0.174. The van der Waals surface area contributed by atoms with Crippen LogP contribution < -0.4 is 16.2 Å². The van der Waals surface area contributed by atoms with E-state index in [-0.39, 0.29) is 29.6 Å². The van der Waals surface area contributed by atoms with Gasteiger partial charge in [0.1, 0.15) is 11.5 Å². The number of halogens is 2. The van der Waals surface area contributed by atoms with Crippen LogP contribution in [0, 0.1) is 5.82 Å². The predicted molar refractivity (Wildman–Crippen MR) is 109 cm³/mol. The zero-order chi connectivity index (χ0) is 19.1. The van der Waals surface area contributed by atoms with Crippen LogP contribution in [-0.4, -0.2) is 34.8 Å². The summed E-state index contributed by atoms with van der Waals surface area (Å²) in [6, 6.07) is 8.60. The molecule has 6 nitrogen and oxygen atoms in total. The third-order valence-electron chi connectivity index (χ3n) is 4.80. The molecule has 2 aromatic rings. The van der Waals surface area contributed by atoms with Gasteiger partial charge in [-0.15, -0.1) is 12.4 Å². The van der Waals surface area contributed by atoms with Gasteiger partial charge in [-0.1, -0.05) is 25.7 Å². The Morgan fingerprint density at radius 1 is 1.04 bits per heavy atom. The fourth-order valence-corrected chi connectivity index (χ4v) is 3.33. The molecule has 3 rings (SSSR count). The van der Waals surface area contributed by atoms with Crippen LogP contribution in [-0.2, 0) is 0 Å². The zero-order valence-electron chi connectivity index (χ0n) is 15.7. The average molecular weight is 409 g/mol. The van der Waals surface area contributed by atoms with E-state index in [2.05, 4.69) is 15.7 Å². The Kier molecular flexibility index (Phi) is 8.60. The normalized spacial score (nSPS) is 14.8. The van der Waals surface area contributed by atoms with Crippen LogP contribution in [0.5, 0.6) is 0 Å². The van der Waals surface area contributed by atoms with Crippen LogP contribution in [0.25, 0.3) is 5.69 Å². The Bertz CT molecular complexity index is 818. The molecule has 1 aromatic carbocycles. The molecule has 152 valence electrons. The van der Waals surface area contributed by atoms with Gasteiger partial charge in [0.2, 0.25) is 0 Å². The minimum atomic E-state index is -0.401. The molecule has 1 aliphatic rings. The van der Waals surface area contributed by atoms with Crippen LogP contribution in [0.3, 0.4) is 0 Å². The van der Waals surface area contributed by atoms with Crippen LogP contribution in [0.2, 0.25) is 0 Å². The lowest BCUT2D eigenvalue weighted by Crippen LogP contribution is -2.37. The van der Waals surface area contributed by atoms with E-state index in [0.717, 1.165) is 4.68 Å². The van der Waals surface area contributed by atoms with Gasteiger partial charge in [0.05, 0.1) is 5.69 Å². The van der Waals surface area contributed by atoms with Crippen LogP contribution >= 0.6 is 12.4 Å². The van der Waals surface area contributed by atoms with E-state index in [1.165, 1.54) is 74.9 Å². The summed E-state index contributed by atoms with van der Waals surface area (Å²) in [7, 11) is 0. The first-order chi connectivity index (χ1) is 13.1. The molecule has 0 aliphatic heterocycles. The van der Waals surface area contributed by atoms with Crippen molar-refractivity contribution in [3.05, 3.63) is 58.3 Å².